The molecule has 0 atom stereocenters. The molecule has 2 aromatic rings. The second-order valence-electron chi connectivity index (χ2n) is 5.66. The molecule has 0 fully saturated rings. The summed E-state index contributed by atoms with van der Waals surface area (Å²) in [4.78, 5) is 8.83. The monoisotopic (exact) mass is 256 g/mol. The van der Waals surface area contributed by atoms with Crippen molar-refractivity contribution < 1.29 is 4.74 Å². The van der Waals surface area contributed by atoms with Gasteiger partial charge in [-0.3, -0.25) is 0 Å². The molecule has 19 heavy (non-hydrogen) atoms. The second-order valence-corrected chi connectivity index (χ2v) is 5.66. The summed E-state index contributed by atoms with van der Waals surface area (Å²) in [6, 6.07) is 8.02. The first-order valence-corrected chi connectivity index (χ1v) is 6.41. The van der Waals surface area contributed by atoms with Gasteiger partial charge < -0.3 is 4.74 Å². The summed E-state index contributed by atoms with van der Waals surface area (Å²) < 4.78 is 5.62. The van der Waals surface area contributed by atoms with Gasteiger partial charge in [-0.15, -0.1) is 0 Å². The fourth-order valence-electron chi connectivity index (χ4n) is 2.10. The van der Waals surface area contributed by atoms with Crippen LogP contribution < -0.4 is 4.74 Å². The Hall–Kier alpha value is -1.90. The first-order chi connectivity index (χ1) is 8.93. The zero-order valence-corrected chi connectivity index (χ0v) is 12.2. The third-order valence-electron chi connectivity index (χ3n) is 3.06. The number of benzene rings is 1. The van der Waals surface area contributed by atoms with Gasteiger partial charge in [0.05, 0.1) is 12.7 Å². The molecular weight excluding hydrogens is 236 g/mol. The fraction of sp³-hybridized carbons (Fsp3) is 0.375. The van der Waals surface area contributed by atoms with Crippen LogP contribution in [0.25, 0.3) is 11.4 Å². The molecule has 0 unspecified atom stereocenters. The van der Waals surface area contributed by atoms with Gasteiger partial charge in [-0.2, -0.15) is 0 Å². The van der Waals surface area contributed by atoms with Gasteiger partial charge in [0.2, 0.25) is 0 Å². The highest BCUT2D eigenvalue weighted by atomic mass is 16.5. The molecular formula is C16H20N2O. The van der Waals surface area contributed by atoms with Crippen LogP contribution >= 0.6 is 0 Å². The Morgan fingerprint density at radius 2 is 1.84 bits per heavy atom. The topological polar surface area (TPSA) is 35.0 Å². The quantitative estimate of drug-likeness (QED) is 0.820. The zero-order chi connectivity index (χ0) is 14.0. The predicted molar refractivity (Wildman–Crippen MR) is 77.5 cm³/mol. The van der Waals surface area contributed by atoms with Gasteiger partial charge in [0.1, 0.15) is 5.75 Å². The van der Waals surface area contributed by atoms with E-state index in [2.05, 4.69) is 36.8 Å². The number of hydrogen-bond acceptors (Lipinski definition) is 3. The van der Waals surface area contributed by atoms with Crippen molar-refractivity contribution in [2.75, 3.05) is 7.11 Å². The van der Waals surface area contributed by atoms with E-state index >= 15 is 0 Å². The first kappa shape index (κ1) is 13.5. The number of para-hydroxylation sites is 1. The molecule has 0 bridgehead atoms. The number of ether oxygens (including phenoxy) is 1. The van der Waals surface area contributed by atoms with Gasteiger partial charge in [-0.25, -0.2) is 9.97 Å². The number of hydrogen-bond donors (Lipinski definition) is 0. The normalized spacial score (nSPS) is 11.4. The maximum Gasteiger partial charge on any atom is 0.163 e. The van der Waals surface area contributed by atoms with Crippen molar-refractivity contribution in [2.45, 2.75) is 33.1 Å². The maximum absolute atomic E-state index is 5.62. The molecule has 100 valence electrons. The molecule has 1 aromatic heterocycles. The van der Waals surface area contributed by atoms with Crippen molar-refractivity contribution in [1.29, 1.82) is 0 Å². The van der Waals surface area contributed by atoms with Crippen LogP contribution in [0.15, 0.2) is 30.5 Å². The Bertz CT molecular complexity index is 586. The molecule has 0 N–H and O–H groups in total. The van der Waals surface area contributed by atoms with Crippen LogP contribution in [0.1, 0.15) is 32.0 Å². The summed E-state index contributed by atoms with van der Waals surface area (Å²) in [5.74, 6) is 1.57. The Morgan fingerprint density at radius 1 is 1.11 bits per heavy atom. The molecule has 3 nitrogen and oxygen atoms in total. The average Bonchev–Trinajstić information content (AvgIpc) is 2.36. The van der Waals surface area contributed by atoms with Crippen molar-refractivity contribution in [1.82, 2.24) is 9.97 Å². The van der Waals surface area contributed by atoms with Crippen molar-refractivity contribution >= 4 is 0 Å². The molecule has 0 aliphatic rings. The number of methoxy groups -OCH3 is 1. The molecule has 1 aromatic carbocycles. The van der Waals surface area contributed by atoms with E-state index in [0.29, 0.717) is 5.82 Å². The minimum atomic E-state index is 0.0190. The number of rotatable bonds is 2. The summed E-state index contributed by atoms with van der Waals surface area (Å²) in [5, 5.41) is 0. The SMILES string of the molecule is COc1c(-c2nccc(C)n2)cccc1C(C)(C)C. The Kier molecular flexibility index (Phi) is 3.56. The molecule has 0 saturated heterocycles. The highest BCUT2D eigenvalue weighted by molar-refractivity contribution is 5.67. The summed E-state index contributed by atoms with van der Waals surface area (Å²) in [6.45, 7) is 8.48. The largest absolute Gasteiger partial charge is 0.496 e. The Balaban J connectivity index is 2.65. The van der Waals surface area contributed by atoms with Crippen LogP contribution in [0.5, 0.6) is 5.75 Å². The molecule has 0 radical (unpaired) electrons. The highest BCUT2D eigenvalue weighted by Crippen LogP contribution is 2.37. The van der Waals surface area contributed by atoms with E-state index in [1.165, 1.54) is 0 Å². The van der Waals surface area contributed by atoms with Crippen molar-refractivity contribution in [2.24, 2.45) is 0 Å². The average molecular weight is 256 g/mol. The van der Waals surface area contributed by atoms with Gasteiger partial charge >= 0.3 is 0 Å². The van der Waals surface area contributed by atoms with Crippen molar-refractivity contribution in [3.63, 3.8) is 0 Å². The van der Waals surface area contributed by atoms with E-state index in [9.17, 15) is 0 Å². The molecule has 2 rings (SSSR count). The molecule has 0 saturated carbocycles. The van der Waals surface area contributed by atoms with Crippen molar-refractivity contribution in [3.8, 4) is 17.1 Å². The summed E-state index contributed by atoms with van der Waals surface area (Å²) in [7, 11) is 1.70. The predicted octanol–water partition coefficient (Wildman–Crippen LogP) is 3.76. The van der Waals surface area contributed by atoms with E-state index in [0.717, 1.165) is 22.6 Å². The number of aryl methyl sites for hydroxylation is 1. The van der Waals surface area contributed by atoms with E-state index in [1.807, 2.05) is 25.1 Å². The molecule has 0 aliphatic heterocycles. The Morgan fingerprint density at radius 3 is 2.42 bits per heavy atom. The van der Waals surface area contributed by atoms with Gasteiger partial charge in [0, 0.05) is 17.5 Å². The van der Waals surface area contributed by atoms with Gasteiger partial charge in [-0.05, 0) is 24.5 Å². The van der Waals surface area contributed by atoms with Crippen LogP contribution in [0.3, 0.4) is 0 Å². The molecule has 0 aliphatic carbocycles. The lowest BCUT2D eigenvalue weighted by molar-refractivity contribution is 0.399. The van der Waals surface area contributed by atoms with Gasteiger partial charge in [-0.1, -0.05) is 32.9 Å². The smallest absolute Gasteiger partial charge is 0.163 e. The van der Waals surface area contributed by atoms with Crippen LogP contribution in [0.4, 0.5) is 0 Å². The number of nitrogens with zero attached hydrogens (tertiary/aromatic N) is 2. The molecule has 0 spiro atoms. The fourth-order valence-corrected chi connectivity index (χ4v) is 2.10. The van der Waals surface area contributed by atoms with Crippen molar-refractivity contribution in [3.05, 3.63) is 41.7 Å². The lowest BCUT2D eigenvalue weighted by Gasteiger charge is -2.23. The molecule has 0 amide bonds. The number of aromatic nitrogens is 2. The maximum atomic E-state index is 5.62. The lowest BCUT2D eigenvalue weighted by Crippen LogP contribution is -2.13. The summed E-state index contributed by atoms with van der Waals surface area (Å²) in [6.07, 6.45) is 1.78. The minimum Gasteiger partial charge on any atom is -0.496 e. The van der Waals surface area contributed by atoms with E-state index in [1.54, 1.807) is 13.3 Å². The second kappa shape index (κ2) is 5.00. The lowest BCUT2D eigenvalue weighted by atomic mass is 9.85. The molecule has 3 heteroatoms. The molecule has 1 heterocycles. The minimum absolute atomic E-state index is 0.0190. The van der Waals surface area contributed by atoms with E-state index in [4.69, 9.17) is 4.74 Å². The standard InChI is InChI=1S/C16H20N2O/c1-11-9-10-17-15(18-11)12-7-6-8-13(14(12)19-5)16(2,3)4/h6-10H,1-5H3. The summed E-state index contributed by atoms with van der Waals surface area (Å²) in [5.41, 5.74) is 3.08. The van der Waals surface area contributed by atoms with Crippen LogP contribution in [-0.2, 0) is 5.41 Å². The highest BCUT2D eigenvalue weighted by Gasteiger charge is 2.22. The first-order valence-electron chi connectivity index (χ1n) is 6.41. The van der Waals surface area contributed by atoms with E-state index < -0.39 is 0 Å². The third kappa shape index (κ3) is 2.75. The zero-order valence-electron chi connectivity index (χ0n) is 12.2. The van der Waals surface area contributed by atoms with E-state index in [-0.39, 0.29) is 5.41 Å². The van der Waals surface area contributed by atoms with Crippen LogP contribution in [-0.4, -0.2) is 17.1 Å². The van der Waals surface area contributed by atoms with Crippen LogP contribution in [0, 0.1) is 6.92 Å². The summed E-state index contributed by atoms with van der Waals surface area (Å²) >= 11 is 0. The Labute approximate surface area is 114 Å². The van der Waals surface area contributed by atoms with Gasteiger partial charge in [0.25, 0.3) is 0 Å². The van der Waals surface area contributed by atoms with Gasteiger partial charge in [0.15, 0.2) is 5.82 Å². The van der Waals surface area contributed by atoms with Crippen LogP contribution in [0.2, 0.25) is 0 Å². The third-order valence-corrected chi connectivity index (χ3v) is 3.06.